The molecule has 0 aliphatic carbocycles. The number of fused-ring (bicyclic) bond motifs is 3. The molecular formula is C14H24O6. The summed E-state index contributed by atoms with van der Waals surface area (Å²) in [6.45, 7) is 8.54. The van der Waals surface area contributed by atoms with Gasteiger partial charge in [0.1, 0.15) is 24.4 Å². The second-order valence-corrected chi connectivity index (χ2v) is 6.43. The van der Waals surface area contributed by atoms with Gasteiger partial charge in [-0.1, -0.05) is 27.7 Å². The topological polar surface area (TPSA) is 66.4 Å². The SMILES string of the molecule is CC(C)C1OC[C@H]2O[C@H](O)[C@H]3OC(C(C)C)O[C@H]3C2O1. The van der Waals surface area contributed by atoms with E-state index >= 15 is 0 Å². The molecule has 6 heteroatoms. The van der Waals surface area contributed by atoms with Gasteiger partial charge in [0.15, 0.2) is 18.9 Å². The summed E-state index contributed by atoms with van der Waals surface area (Å²) < 4.78 is 28.9. The van der Waals surface area contributed by atoms with Crippen molar-refractivity contribution in [3.63, 3.8) is 0 Å². The van der Waals surface area contributed by atoms with E-state index in [4.69, 9.17) is 23.7 Å². The summed E-state index contributed by atoms with van der Waals surface area (Å²) in [6.07, 6.45) is -2.95. The number of aliphatic hydroxyl groups is 1. The first-order chi connectivity index (χ1) is 9.47. The first-order valence-corrected chi connectivity index (χ1v) is 7.39. The van der Waals surface area contributed by atoms with Gasteiger partial charge in [-0.15, -0.1) is 0 Å². The van der Waals surface area contributed by atoms with Crippen LogP contribution in [0.2, 0.25) is 0 Å². The van der Waals surface area contributed by atoms with Crippen LogP contribution in [0.4, 0.5) is 0 Å². The molecule has 116 valence electrons. The van der Waals surface area contributed by atoms with Gasteiger partial charge in [0, 0.05) is 11.8 Å². The zero-order valence-electron chi connectivity index (χ0n) is 12.4. The molecule has 0 saturated carbocycles. The molecule has 0 bridgehead atoms. The summed E-state index contributed by atoms with van der Waals surface area (Å²) in [5, 5.41) is 10.1. The minimum atomic E-state index is -0.993. The second-order valence-electron chi connectivity index (χ2n) is 6.43. The highest BCUT2D eigenvalue weighted by atomic mass is 16.8. The fraction of sp³-hybridized carbons (Fsp3) is 1.00. The van der Waals surface area contributed by atoms with Gasteiger partial charge in [0.2, 0.25) is 0 Å². The molecule has 3 heterocycles. The summed E-state index contributed by atoms with van der Waals surface area (Å²) in [5.74, 6) is 0.469. The van der Waals surface area contributed by atoms with Gasteiger partial charge in [0.05, 0.1) is 6.61 Å². The molecule has 3 aliphatic rings. The lowest BCUT2D eigenvalue weighted by atomic mass is 9.98. The van der Waals surface area contributed by atoms with Crippen molar-refractivity contribution in [1.29, 1.82) is 0 Å². The number of hydrogen-bond acceptors (Lipinski definition) is 6. The zero-order chi connectivity index (χ0) is 14.4. The first kappa shape index (κ1) is 14.7. The van der Waals surface area contributed by atoms with Gasteiger partial charge in [-0.25, -0.2) is 0 Å². The van der Waals surface area contributed by atoms with Gasteiger partial charge in [-0.05, 0) is 0 Å². The van der Waals surface area contributed by atoms with Crippen molar-refractivity contribution in [2.24, 2.45) is 11.8 Å². The smallest absolute Gasteiger partial charge is 0.184 e. The van der Waals surface area contributed by atoms with Crippen molar-refractivity contribution in [1.82, 2.24) is 0 Å². The minimum absolute atomic E-state index is 0.215. The minimum Gasteiger partial charge on any atom is -0.366 e. The third kappa shape index (κ3) is 2.49. The largest absolute Gasteiger partial charge is 0.366 e. The van der Waals surface area contributed by atoms with E-state index in [0.29, 0.717) is 6.61 Å². The maximum Gasteiger partial charge on any atom is 0.184 e. The zero-order valence-corrected chi connectivity index (χ0v) is 12.4. The first-order valence-electron chi connectivity index (χ1n) is 7.39. The van der Waals surface area contributed by atoms with E-state index in [1.807, 2.05) is 27.7 Å². The van der Waals surface area contributed by atoms with E-state index in [-0.39, 0.29) is 42.7 Å². The predicted octanol–water partition coefficient (Wildman–Crippen LogP) is 0.867. The Kier molecular flexibility index (Phi) is 4.05. The molecule has 0 spiro atoms. The van der Waals surface area contributed by atoms with E-state index in [9.17, 15) is 5.11 Å². The summed E-state index contributed by atoms with van der Waals surface area (Å²) in [6, 6.07) is 0. The van der Waals surface area contributed by atoms with Crippen LogP contribution in [0.5, 0.6) is 0 Å². The molecule has 0 aromatic rings. The normalized spacial score (nSPS) is 48.5. The van der Waals surface area contributed by atoms with Crippen LogP contribution in [-0.4, -0.2) is 55.0 Å². The molecule has 0 aromatic heterocycles. The molecule has 3 fully saturated rings. The number of hydrogen-bond donors (Lipinski definition) is 1. The summed E-state index contributed by atoms with van der Waals surface area (Å²) in [7, 11) is 0. The molecule has 3 aliphatic heterocycles. The highest BCUT2D eigenvalue weighted by Gasteiger charge is 2.55. The van der Waals surface area contributed by atoms with Crippen LogP contribution < -0.4 is 0 Å². The molecule has 0 aromatic carbocycles. The molecule has 3 saturated heterocycles. The number of rotatable bonds is 2. The predicted molar refractivity (Wildman–Crippen MR) is 68.7 cm³/mol. The third-order valence-corrected chi connectivity index (χ3v) is 4.00. The Bertz CT molecular complexity index is 347. The van der Waals surface area contributed by atoms with E-state index in [2.05, 4.69) is 0 Å². The van der Waals surface area contributed by atoms with Gasteiger partial charge < -0.3 is 28.8 Å². The molecular weight excluding hydrogens is 264 g/mol. The van der Waals surface area contributed by atoms with E-state index in [0.717, 1.165) is 0 Å². The maximum absolute atomic E-state index is 10.1. The highest BCUT2D eigenvalue weighted by molar-refractivity contribution is 4.96. The fourth-order valence-electron chi connectivity index (χ4n) is 2.88. The van der Waals surface area contributed by atoms with Gasteiger partial charge >= 0.3 is 0 Å². The van der Waals surface area contributed by atoms with Crippen molar-refractivity contribution in [3.8, 4) is 0 Å². The molecule has 1 N–H and O–H groups in total. The Morgan fingerprint density at radius 3 is 2.05 bits per heavy atom. The molecule has 3 unspecified atom stereocenters. The van der Waals surface area contributed by atoms with E-state index < -0.39 is 12.4 Å². The van der Waals surface area contributed by atoms with Crippen LogP contribution in [0.15, 0.2) is 0 Å². The molecule has 7 atom stereocenters. The van der Waals surface area contributed by atoms with Crippen molar-refractivity contribution < 1.29 is 28.8 Å². The van der Waals surface area contributed by atoms with Crippen molar-refractivity contribution in [2.45, 2.75) is 71.0 Å². The summed E-state index contributed by atoms with van der Waals surface area (Å²) >= 11 is 0. The lowest BCUT2D eigenvalue weighted by Crippen LogP contribution is -2.62. The van der Waals surface area contributed by atoms with Crippen LogP contribution in [-0.2, 0) is 23.7 Å². The number of ether oxygens (including phenoxy) is 5. The Morgan fingerprint density at radius 2 is 1.40 bits per heavy atom. The summed E-state index contributed by atoms with van der Waals surface area (Å²) in [5.41, 5.74) is 0. The highest BCUT2D eigenvalue weighted by Crippen LogP contribution is 2.38. The maximum atomic E-state index is 10.1. The average Bonchev–Trinajstić information content (AvgIpc) is 2.84. The monoisotopic (exact) mass is 288 g/mol. The molecule has 0 amide bonds. The lowest BCUT2D eigenvalue weighted by molar-refractivity contribution is -0.343. The van der Waals surface area contributed by atoms with Crippen molar-refractivity contribution >= 4 is 0 Å². The van der Waals surface area contributed by atoms with Gasteiger partial charge in [-0.2, -0.15) is 0 Å². The lowest BCUT2D eigenvalue weighted by Gasteiger charge is -2.45. The average molecular weight is 288 g/mol. The standard InChI is InChI=1S/C14H24O6/c1-6(2)13-16-5-8-9(18-13)10-11(12(15)17-8)20-14(19-10)7(3)4/h6-15H,5H2,1-4H3/t8-,9?,10+,11+,12+,13?,14?/m1/s1. The molecule has 6 nitrogen and oxygen atoms in total. The van der Waals surface area contributed by atoms with Crippen LogP contribution in [0.1, 0.15) is 27.7 Å². The Hall–Kier alpha value is -0.240. The molecule has 20 heavy (non-hydrogen) atoms. The van der Waals surface area contributed by atoms with Crippen LogP contribution >= 0.6 is 0 Å². The van der Waals surface area contributed by atoms with E-state index in [1.165, 1.54) is 0 Å². The fourth-order valence-corrected chi connectivity index (χ4v) is 2.88. The van der Waals surface area contributed by atoms with E-state index in [1.54, 1.807) is 0 Å². The van der Waals surface area contributed by atoms with Crippen molar-refractivity contribution in [3.05, 3.63) is 0 Å². The summed E-state index contributed by atoms with van der Waals surface area (Å²) in [4.78, 5) is 0. The van der Waals surface area contributed by atoms with Crippen molar-refractivity contribution in [2.75, 3.05) is 6.61 Å². The second kappa shape index (κ2) is 5.51. The van der Waals surface area contributed by atoms with Crippen LogP contribution in [0, 0.1) is 11.8 Å². The van der Waals surface area contributed by atoms with Gasteiger partial charge in [0.25, 0.3) is 0 Å². The molecule has 0 radical (unpaired) electrons. The third-order valence-electron chi connectivity index (χ3n) is 4.00. The quantitative estimate of drug-likeness (QED) is 0.813. The Labute approximate surface area is 119 Å². The van der Waals surface area contributed by atoms with Crippen LogP contribution in [0.3, 0.4) is 0 Å². The Balaban J connectivity index is 1.75. The number of aliphatic hydroxyl groups excluding tert-OH is 1. The molecule has 3 rings (SSSR count). The Morgan fingerprint density at radius 1 is 0.800 bits per heavy atom. The van der Waals surface area contributed by atoms with Gasteiger partial charge in [-0.3, -0.25) is 0 Å². The van der Waals surface area contributed by atoms with Crippen LogP contribution in [0.25, 0.3) is 0 Å².